The smallest absolute Gasteiger partial charge is 0.339 e. The second-order valence-corrected chi connectivity index (χ2v) is 8.53. The van der Waals surface area contributed by atoms with Crippen LogP contribution in [0.3, 0.4) is 0 Å². The van der Waals surface area contributed by atoms with Crippen molar-refractivity contribution in [3.8, 4) is 5.75 Å². The van der Waals surface area contributed by atoms with Crippen LogP contribution in [0, 0.1) is 5.82 Å². The van der Waals surface area contributed by atoms with E-state index < -0.39 is 5.97 Å². The minimum Gasteiger partial charge on any atom is -0.492 e. The first-order valence-corrected chi connectivity index (χ1v) is 11.5. The number of aromatic nitrogens is 2. The molecule has 3 aromatic rings. The minimum absolute atomic E-state index is 0.0997. The van der Waals surface area contributed by atoms with Crippen molar-refractivity contribution in [3.05, 3.63) is 82.4 Å². The quantitative estimate of drug-likeness (QED) is 0.492. The van der Waals surface area contributed by atoms with E-state index in [1.54, 1.807) is 18.2 Å². The van der Waals surface area contributed by atoms with Gasteiger partial charge in [0.05, 0.1) is 11.3 Å². The zero-order chi connectivity index (χ0) is 23.9. The van der Waals surface area contributed by atoms with Gasteiger partial charge in [-0.3, -0.25) is 4.90 Å². The first-order valence-electron chi connectivity index (χ1n) is 11.2. The number of benzene rings is 2. The monoisotopic (exact) mass is 484 g/mol. The third-order valence-electron chi connectivity index (χ3n) is 5.78. The number of ether oxygens (including phenoxy) is 1. The normalized spacial score (nSPS) is 14.2. The molecule has 9 heteroatoms. The van der Waals surface area contributed by atoms with Gasteiger partial charge in [0.15, 0.2) is 0 Å². The van der Waals surface area contributed by atoms with Crippen LogP contribution in [0.5, 0.6) is 5.75 Å². The molecule has 1 N–H and O–H groups in total. The number of hydrogen-bond donors (Lipinski definition) is 1. The average molecular weight is 485 g/mol. The Morgan fingerprint density at radius 1 is 1.09 bits per heavy atom. The molecular weight excluding hydrogens is 459 g/mol. The number of carboxylic acid groups (broad SMARTS) is 1. The number of anilines is 1. The highest BCUT2D eigenvalue weighted by molar-refractivity contribution is 6.30. The maximum atomic E-state index is 13.1. The van der Waals surface area contributed by atoms with Crippen molar-refractivity contribution in [1.82, 2.24) is 14.9 Å². The van der Waals surface area contributed by atoms with E-state index >= 15 is 0 Å². The summed E-state index contributed by atoms with van der Waals surface area (Å²) in [5.74, 6) is -0.0557. The lowest BCUT2D eigenvalue weighted by molar-refractivity contribution is 0.0694. The second kappa shape index (κ2) is 11.3. The van der Waals surface area contributed by atoms with Gasteiger partial charge in [0.1, 0.15) is 18.2 Å². The molecule has 1 aromatic heterocycles. The van der Waals surface area contributed by atoms with Gasteiger partial charge in [-0.2, -0.15) is 0 Å². The van der Waals surface area contributed by atoms with Crippen molar-refractivity contribution in [3.63, 3.8) is 0 Å². The van der Waals surface area contributed by atoms with E-state index in [1.807, 2.05) is 18.2 Å². The van der Waals surface area contributed by atoms with Crippen LogP contribution in [0.15, 0.2) is 54.7 Å². The Balaban J connectivity index is 1.32. The summed E-state index contributed by atoms with van der Waals surface area (Å²) in [5.41, 5.74) is 1.51. The number of aryl methyl sites for hydroxylation is 2. The highest BCUT2D eigenvalue weighted by Gasteiger charge is 2.21. The lowest BCUT2D eigenvalue weighted by Gasteiger charge is -2.34. The molecule has 7 nitrogen and oxygen atoms in total. The third kappa shape index (κ3) is 6.42. The fourth-order valence-electron chi connectivity index (χ4n) is 3.86. The van der Waals surface area contributed by atoms with Crippen LogP contribution in [-0.2, 0) is 12.8 Å². The molecule has 2 aromatic carbocycles. The molecule has 4 rings (SSSR count). The van der Waals surface area contributed by atoms with Crippen LogP contribution in [-0.4, -0.2) is 65.3 Å². The molecule has 0 radical (unpaired) electrons. The van der Waals surface area contributed by atoms with Crippen molar-refractivity contribution in [2.45, 2.75) is 12.8 Å². The molecule has 1 aliphatic heterocycles. The SMILES string of the molecule is O=C(O)c1cnc(N2CCN(CCOc3cccc(Cl)c3)CC2)nc1CCc1ccc(F)cc1. The number of rotatable bonds is 9. The molecule has 0 aliphatic carbocycles. The highest BCUT2D eigenvalue weighted by atomic mass is 35.5. The molecule has 0 spiro atoms. The molecule has 178 valence electrons. The summed E-state index contributed by atoms with van der Waals surface area (Å²) >= 11 is 5.99. The van der Waals surface area contributed by atoms with E-state index in [4.69, 9.17) is 16.3 Å². The van der Waals surface area contributed by atoms with Gasteiger partial charge in [0, 0.05) is 43.9 Å². The Labute approximate surface area is 202 Å². The Bertz CT molecular complexity index is 1120. The van der Waals surface area contributed by atoms with Crippen LogP contribution in [0.25, 0.3) is 0 Å². The van der Waals surface area contributed by atoms with Crippen molar-refractivity contribution < 1.29 is 19.0 Å². The summed E-state index contributed by atoms with van der Waals surface area (Å²) in [6.45, 7) is 4.49. The van der Waals surface area contributed by atoms with Gasteiger partial charge in [-0.15, -0.1) is 0 Å². The van der Waals surface area contributed by atoms with E-state index in [0.29, 0.717) is 36.1 Å². The van der Waals surface area contributed by atoms with Crippen LogP contribution >= 0.6 is 11.6 Å². The Hall–Kier alpha value is -3.23. The van der Waals surface area contributed by atoms with Gasteiger partial charge < -0.3 is 14.7 Å². The van der Waals surface area contributed by atoms with Crippen LogP contribution < -0.4 is 9.64 Å². The van der Waals surface area contributed by atoms with Crippen molar-refractivity contribution in [2.24, 2.45) is 0 Å². The summed E-state index contributed by atoms with van der Waals surface area (Å²) in [7, 11) is 0. The number of nitrogens with zero attached hydrogens (tertiary/aromatic N) is 4. The molecular formula is C25H26ClFN4O3. The Morgan fingerprint density at radius 3 is 2.56 bits per heavy atom. The molecule has 1 aliphatic rings. The van der Waals surface area contributed by atoms with Gasteiger partial charge in [-0.1, -0.05) is 29.8 Å². The van der Waals surface area contributed by atoms with Gasteiger partial charge in [0.25, 0.3) is 0 Å². The molecule has 0 bridgehead atoms. The number of halogens is 2. The predicted molar refractivity (Wildman–Crippen MR) is 128 cm³/mol. The zero-order valence-electron chi connectivity index (χ0n) is 18.7. The van der Waals surface area contributed by atoms with Crippen molar-refractivity contribution in [2.75, 3.05) is 44.2 Å². The largest absolute Gasteiger partial charge is 0.492 e. The Morgan fingerprint density at radius 2 is 1.85 bits per heavy atom. The van der Waals surface area contributed by atoms with E-state index in [0.717, 1.165) is 44.0 Å². The highest BCUT2D eigenvalue weighted by Crippen LogP contribution is 2.18. The van der Waals surface area contributed by atoms with Gasteiger partial charge >= 0.3 is 5.97 Å². The number of hydrogen-bond acceptors (Lipinski definition) is 6. The summed E-state index contributed by atoms with van der Waals surface area (Å²) < 4.78 is 18.9. The van der Waals surface area contributed by atoms with Crippen LogP contribution in [0.4, 0.5) is 10.3 Å². The standard InChI is InChI=1S/C25H26ClFN4O3/c26-19-2-1-3-21(16-19)34-15-14-30-10-12-31(13-11-30)25-28-17-22(24(32)33)23(29-25)9-6-18-4-7-20(27)8-5-18/h1-5,7-8,16-17H,6,9-15H2,(H,32,33). The molecule has 0 amide bonds. The second-order valence-electron chi connectivity index (χ2n) is 8.10. The topological polar surface area (TPSA) is 78.8 Å². The molecule has 0 saturated carbocycles. The predicted octanol–water partition coefficient (Wildman–Crippen LogP) is 3.95. The zero-order valence-corrected chi connectivity index (χ0v) is 19.4. The average Bonchev–Trinajstić information content (AvgIpc) is 2.84. The fraction of sp³-hybridized carbons (Fsp3) is 0.320. The maximum absolute atomic E-state index is 13.1. The molecule has 1 fully saturated rings. The molecule has 0 unspecified atom stereocenters. The third-order valence-corrected chi connectivity index (χ3v) is 6.01. The lowest BCUT2D eigenvalue weighted by Crippen LogP contribution is -2.48. The van der Waals surface area contributed by atoms with E-state index in [1.165, 1.54) is 18.3 Å². The van der Waals surface area contributed by atoms with Crippen LogP contribution in [0.2, 0.25) is 5.02 Å². The minimum atomic E-state index is -1.05. The number of carboxylic acids is 1. The number of aromatic carboxylic acids is 1. The molecule has 1 saturated heterocycles. The van der Waals surface area contributed by atoms with Crippen LogP contribution in [0.1, 0.15) is 21.6 Å². The van der Waals surface area contributed by atoms with E-state index in [-0.39, 0.29) is 11.4 Å². The summed E-state index contributed by atoms with van der Waals surface area (Å²) in [6, 6.07) is 13.6. The van der Waals surface area contributed by atoms with Gasteiger partial charge in [-0.05, 0) is 48.7 Å². The van der Waals surface area contributed by atoms with Gasteiger partial charge in [0.2, 0.25) is 5.95 Å². The molecule has 34 heavy (non-hydrogen) atoms. The maximum Gasteiger partial charge on any atom is 0.339 e. The molecule has 0 atom stereocenters. The molecule has 2 heterocycles. The van der Waals surface area contributed by atoms with E-state index in [9.17, 15) is 14.3 Å². The van der Waals surface area contributed by atoms with E-state index in [2.05, 4.69) is 19.8 Å². The summed E-state index contributed by atoms with van der Waals surface area (Å²) in [4.78, 5) is 24.9. The number of piperazine rings is 1. The van der Waals surface area contributed by atoms with Crippen molar-refractivity contribution in [1.29, 1.82) is 0 Å². The lowest BCUT2D eigenvalue weighted by atomic mass is 10.1. The first kappa shape index (κ1) is 23.9. The number of carbonyl (C=O) groups is 1. The first-order chi connectivity index (χ1) is 16.5. The fourth-order valence-corrected chi connectivity index (χ4v) is 4.04. The van der Waals surface area contributed by atoms with Crippen molar-refractivity contribution >= 4 is 23.5 Å². The summed E-state index contributed by atoms with van der Waals surface area (Å²) in [5, 5.41) is 10.2. The Kier molecular flexibility index (Phi) is 7.92. The summed E-state index contributed by atoms with van der Waals surface area (Å²) in [6.07, 6.45) is 2.39. The van der Waals surface area contributed by atoms with Gasteiger partial charge in [-0.25, -0.2) is 19.2 Å².